The molecule has 49 heavy (non-hydrogen) atoms. The summed E-state index contributed by atoms with van der Waals surface area (Å²) in [7, 11) is 0. The largest absolute Gasteiger partial charge is 0.504 e. The molecule has 1 aromatic carbocycles. The SMILES string of the molecule is CC[C@@H]1C#C[C@@H]2C=C[C@@H](c3ccc(O)c(O[C@H](CO)C[C@H](C4=CCNC(N)=C4)C4(c5ccc[nH]5)CCCC4)c3)C[C@@H](O)[C@H]2[C@@H](O)CCCC1. The number of aromatic nitrogens is 1. The van der Waals surface area contributed by atoms with Crippen LogP contribution in [0.5, 0.6) is 11.5 Å². The lowest BCUT2D eigenvalue weighted by Crippen LogP contribution is -2.39. The van der Waals surface area contributed by atoms with E-state index in [1.54, 1.807) is 6.07 Å². The van der Waals surface area contributed by atoms with Crippen molar-refractivity contribution in [1.29, 1.82) is 0 Å². The number of nitrogens with two attached hydrogens (primary N) is 1. The van der Waals surface area contributed by atoms with Crippen LogP contribution in [0, 0.1) is 35.5 Å². The fourth-order valence-electron chi connectivity index (χ4n) is 8.94. The number of benzene rings is 1. The maximum atomic E-state index is 11.5. The number of nitrogens with one attached hydrogen (secondary N) is 2. The third kappa shape index (κ3) is 7.90. The van der Waals surface area contributed by atoms with E-state index in [2.05, 4.69) is 53.4 Å². The summed E-state index contributed by atoms with van der Waals surface area (Å²) in [5.41, 5.74) is 9.35. The quantitative estimate of drug-likeness (QED) is 0.123. The maximum absolute atomic E-state index is 11.5. The number of aliphatic hydroxyl groups is 3. The van der Waals surface area contributed by atoms with Crippen molar-refractivity contribution in [2.45, 2.75) is 107 Å². The van der Waals surface area contributed by atoms with Crippen molar-refractivity contribution in [2.75, 3.05) is 13.2 Å². The van der Waals surface area contributed by atoms with Crippen LogP contribution in [0.15, 0.2) is 72.2 Å². The molecule has 8 nitrogen and oxygen atoms in total. The summed E-state index contributed by atoms with van der Waals surface area (Å²) in [5, 5.41) is 47.6. The van der Waals surface area contributed by atoms with E-state index in [1.165, 1.54) is 5.69 Å². The standard InChI is InChI=1S/C41H55N3O5/c1-2-27-8-3-4-9-35(47)40-28(12-11-27)13-14-29(22-36(40)48)30-15-16-34(46)37(23-30)49-32(26-45)25-33(31-17-21-44-39(42)24-31)41(18-5-6-19-41)38-10-7-20-43-38/h7,10,13-17,20,23-24,27-29,32-33,35-36,40,43-48H,2-6,8-9,18-19,21-22,25-26,42H2,1H3/t27-,28+,29+,32-,33+,35-,36+,40+/m0/s1. The number of dihydropyridines is 1. The van der Waals surface area contributed by atoms with Gasteiger partial charge in [-0.25, -0.2) is 0 Å². The minimum Gasteiger partial charge on any atom is -0.504 e. The number of aliphatic hydroxyl groups excluding tert-OH is 3. The number of H-pyrrole nitrogens is 1. The van der Waals surface area contributed by atoms with Crippen LogP contribution in [0.2, 0.25) is 0 Å². The maximum Gasteiger partial charge on any atom is 0.161 e. The van der Waals surface area contributed by atoms with Gasteiger partial charge in [0.05, 0.1) is 24.6 Å². The van der Waals surface area contributed by atoms with Gasteiger partial charge >= 0.3 is 0 Å². The van der Waals surface area contributed by atoms with Gasteiger partial charge in [0.25, 0.3) is 0 Å². The van der Waals surface area contributed by atoms with E-state index in [9.17, 15) is 20.4 Å². The van der Waals surface area contributed by atoms with E-state index in [0.717, 1.165) is 62.5 Å². The molecule has 1 fully saturated rings. The highest BCUT2D eigenvalue weighted by atomic mass is 16.5. The van der Waals surface area contributed by atoms with Crippen molar-refractivity contribution in [2.24, 2.45) is 29.4 Å². The van der Waals surface area contributed by atoms with E-state index in [-0.39, 0.29) is 41.4 Å². The highest BCUT2D eigenvalue weighted by Crippen LogP contribution is 2.51. The summed E-state index contributed by atoms with van der Waals surface area (Å²) in [6.45, 7) is 2.60. The molecule has 0 saturated heterocycles. The first kappa shape index (κ1) is 35.2. The zero-order valence-corrected chi connectivity index (χ0v) is 28.9. The Kier molecular flexibility index (Phi) is 11.4. The van der Waals surface area contributed by atoms with Crippen molar-refractivity contribution >= 4 is 0 Å². The molecule has 6 rings (SSSR count). The summed E-state index contributed by atoms with van der Waals surface area (Å²) in [5.74, 6) is 7.45. The van der Waals surface area contributed by atoms with Gasteiger partial charge in [-0.3, -0.25) is 0 Å². The molecule has 264 valence electrons. The molecule has 8 N–H and O–H groups in total. The Morgan fingerprint density at radius 3 is 2.59 bits per heavy atom. The van der Waals surface area contributed by atoms with Gasteiger partial charge in [0.1, 0.15) is 6.10 Å². The van der Waals surface area contributed by atoms with E-state index < -0.39 is 18.3 Å². The second-order valence-electron chi connectivity index (χ2n) is 14.7. The summed E-state index contributed by atoms with van der Waals surface area (Å²) < 4.78 is 6.50. The number of aromatic amines is 1. The smallest absolute Gasteiger partial charge is 0.161 e. The second-order valence-corrected chi connectivity index (χ2v) is 14.7. The molecule has 1 aromatic heterocycles. The fourth-order valence-corrected chi connectivity index (χ4v) is 8.94. The van der Waals surface area contributed by atoms with Crippen LogP contribution in [0.4, 0.5) is 0 Å². The van der Waals surface area contributed by atoms with Crippen LogP contribution >= 0.6 is 0 Å². The van der Waals surface area contributed by atoms with Crippen LogP contribution in [0.1, 0.15) is 94.7 Å². The Bertz CT molecular complexity index is 1550. The lowest BCUT2D eigenvalue weighted by atomic mass is 9.66. The molecule has 4 aliphatic rings. The molecule has 0 spiro atoms. The Labute approximate surface area is 291 Å². The molecule has 1 saturated carbocycles. The van der Waals surface area contributed by atoms with Gasteiger partial charge < -0.3 is 41.2 Å². The van der Waals surface area contributed by atoms with Crippen molar-refractivity contribution < 1.29 is 25.2 Å². The average Bonchev–Trinajstić information content (AvgIpc) is 3.80. The lowest BCUT2D eigenvalue weighted by molar-refractivity contribution is -0.00706. The molecule has 2 aromatic rings. The average molecular weight is 670 g/mol. The van der Waals surface area contributed by atoms with Gasteiger partial charge in [-0.15, -0.1) is 0 Å². The highest BCUT2D eigenvalue weighted by molar-refractivity contribution is 5.45. The number of rotatable bonds is 10. The molecule has 0 radical (unpaired) electrons. The third-order valence-corrected chi connectivity index (χ3v) is 11.7. The van der Waals surface area contributed by atoms with Crippen molar-refractivity contribution in [3.63, 3.8) is 0 Å². The summed E-state index contributed by atoms with van der Waals surface area (Å²) >= 11 is 0. The number of phenols is 1. The van der Waals surface area contributed by atoms with E-state index >= 15 is 0 Å². The van der Waals surface area contributed by atoms with Crippen LogP contribution in [0.25, 0.3) is 0 Å². The fraction of sp³-hybridized carbons (Fsp3) is 0.561. The van der Waals surface area contributed by atoms with Gasteiger partial charge in [0.2, 0.25) is 0 Å². The highest BCUT2D eigenvalue weighted by Gasteiger charge is 2.46. The summed E-state index contributed by atoms with van der Waals surface area (Å²) in [4.78, 5) is 3.50. The summed E-state index contributed by atoms with van der Waals surface area (Å²) in [6.07, 6.45) is 18.3. The van der Waals surface area contributed by atoms with Gasteiger partial charge in [0, 0.05) is 47.5 Å². The van der Waals surface area contributed by atoms with Gasteiger partial charge in [-0.05, 0) is 92.3 Å². The topological polar surface area (TPSA) is 144 Å². The Balaban J connectivity index is 1.26. The molecule has 1 aliphatic heterocycles. The number of hydrogen-bond donors (Lipinski definition) is 7. The monoisotopic (exact) mass is 669 g/mol. The van der Waals surface area contributed by atoms with Crippen molar-refractivity contribution in [3.8, 4) is 23.3 Å². The van der Waals surface area contributed by atoms with Crippen LogP contribution in [-0.4, -0.2) is 56.9 Å². The second kappa shape index (κ2) is 15.9. The van der Waals surface area contributed by atoms with E-state index in [1.807, 2.05) is 30.5 Å². The van der Waals surface area contributed by atoms with Gasteiger partial charge in [-0.1, -0.05) is 68.7 Å². The first-order chi connectivity index (χ1) is 23.8. The predicted molar refractivity (Wildman–Crippen MR) is 193 cm³/mol. The number of allylic oxidation sites excluding steroid dienone is 4. The third-order valence-electron chi connectivity index (χ3n) is 11.7. The summed E-state index contributed by atoms with van der Waals surface area (Å²) in [6, 6.07) is 9.56. The number of phenolic OH excluding ortho intramolecular Hbond substituents is 1. The van der Waals surface area contributed by atoms with Gasteiger partial charge in [0.15, 0.2) is 11.5 Å². The molecule has 2 heterocycles. The van der Waals surface area contributed by atoms with Gasteiger partial charge in [-0.2, -0.15) is 0 Å². The molecule has 8 atom stereocenters. The first-order valence-corrected chi connectivity index (χ1v) is 18.5. The molecular weight excluding hydrogens is 614 g/mol. The molecule has 8 heteroatoms. The predicted octanol–water partition coefficient (Wildman–Crippen LogP) is 5.91. The number of aromatic hydroxyl groups is 1. The van der Waals surface area contributed by atoms with Crippen molar-refractivity contribution in [1.82, 2.24) is 10.3 Å². The van der Waals surface area contributed by atoms with E-state index in [4.69, 9.17) is 10.5 Å². The molecular formula is C41H55N3O5. The Morgan fingerprint density at radius 2 is 1.86 bits per heavy atom. The minimum atomic E-state index is -0.743. The van der Waals surface area contributed by atoms with Crippen LogP contribution < -0.4 is 15.8 Å². The zero-order chi connectivity index (χ0) is 34.4. The first-order valence-electron chi connectivity index (χ1n) is 18.5. The Hall–Kier alpha value is -3.64. The van der Waals surface area contributed by atoms with Crippen LogP contribution in [-0.2, 0) is 5.41 Å². The number of ether oxygens (including phenoxy) is 1. The molecule has 0 bridgehead atoms. The minimum absolute atomic E-state index is 0.00288. The van der Waals surface area contributed by atoms with Crippen molar-refractivity contribution in [3.05, 3.63) is 83.5 Å². The number of fused-ring (bicyclic) bond motifs is 1. The molecule has 0 unspecified atom stereocenters. The molecule has 0 amide bonds. The molecule has 3 aliphatic carbocycles. The zero-order valence-electron chi connectivity index (χ0n) is 28.9. The normalized spacial score (nSPS) is 29.6. The lowest BCUT2D eigenvalue weighted by Gasteiger charge is -2.40. The number of hydrogen-bond acceptors (Lipinski definition) is 7. The Morgan fingerprint density at radius 1 is 1.04 bits per heavy atom. The van der Waals surface area contributed by atoms with E-state index in [0.29, 0.717) is 43.3 Å². The van der Waals surface area contributed by atoms with Crippen LogP contribution in [0.3, 0.4) is 0 Å².